The van der Waals surface area contributed by atoms with Gasteiger partial charge in [0.05, 0.1) is 23.3 Å². The van der Waals surface area contributed by atoms with Crippen LogP contribution in [0.2, 0.25) is 0 Å². The van der Waals surface area contributed by atoms with Gasteiger partial charge in [-0.15, -0.1) is 0 Å². The van der Waals surface area contributed by atoms with E-state index in [0.29, 0.717) is 23.1 Å². The number of anilines is 1. The maximum absolute atomic E-state index is 12.8. The van der Waals surface area contributed by atoms with Gasteiger partial charge in [0, 0.05) is 37.9 Å². The fraction of sp³-hybridized carbons (Fsp3) is 0.300. The van der Waals surface area contributed by atoms with Gasteiger partial charge in [0.1, 0.15) is 11.3 Å². The summed E-state index contributed by atoms with van der Waals surface area (Å²) in [5.74, 6) is 0. The number of rotatable bonds is 2. The van der Waals surface area contributed by atoms with Crippen LogP contribution in [0.15, 0.2) is 47.5 Å². The molecule has 0 spiro atoms. The molecule has 0 saturated carbocycles. The smallest absolute Gasteiger partial charge is 0.258 e. The highest BCUT2D eigenvalue weighted by Gasteiger charge is 2.17. The van der Waals surface area contributed by atoms with Crippen molar-refractivity contribution in [1.82, 2.24) is 29.3 Å². The molecule has 5 rings (SSSR count). The van der Waals surface area contributed by atoms with Crippen molar-refractivity contribution in [3.8, 4) is 11.4 Å². The lowest BCUT2D eigenvalue weighted by atomic mass is 10.2. The summed E-state index contributed by atoms with van der Waals surface area (Å²) in [5, 5.41) is 7.98. The minimum absolute atomic E-state index is 0.117. The first kappa shape index (κ1) is 16.9. The first-order valence-electron chi connectivity index (χ1n) is 9.42. The molecule has 1 unspecified atom stereocenters. The van der Waals surface area contributed by atoms with Crippen molar-refractivity contribution >= 4 is 17.0 Å². The third kappa shape index (κ3) is 2.91. The predicted molar refractivity (Wildman–Crippen MR) is 108 cm³/mol. The van der Waals surface area contributed by atoms with E-state index in [0.717, 1.165) is 36.7 Å². The molecule has 1 fully saturated rings. The predicted octanol–water partition coefficient (Wildman–Crippen LogP) is 1.51. The van der Waals surface area contributed by atoms with Crippen molar-refractivity contribution in [3.63, 3.8) is 0 Å². The largest absolute Gasteiger partial charge is 0.368 e. The molecule has 4 aromatic heterocycles. The maximum atomic E-state index is 12.8. The van der Waals surface area contributed by atoms with E-state index in [1.165, 1.54) is 6.07 Å². The topological polar surface area (TPSA) is 79.8 Å². The second-order valence-electron chi connectivity index (χ2n) is 7.30. The molecule has 1 aliphatic heterocycles. The van der Waals surface area contributed by atoms with Gasteiger partial charge in [-0.3, -0.25) is 9.20 Å². The standard InChI is InChI=1S/C20H21N7O/c1-13-10-25(8-7-21-13)15-3-5-18-23-17(9-20(28)26(18)12-15)16-4-6-19-22-14(2)11-27(19)24-16/h3-6,9,11-13,21H,7-8,10H2,1-2H3. The zero-order valence-corrected chi connectivity index (χ0v) is 15.8. The van der Waals surface area contributed by atoms with E-state index in [2.05, 4.69) is 32.2 Å². The summed E-state index contributed by atoms with van der Waals surface area (Å²) >= 11 is 0. The maximum Gasteiger partial charge on any atom is 0.258 e. The lowest BCUT2D eigenvalue weighted by molar-refractivity contribution is 0.484. The Labute approximate surface area is 161 Å². The second kappa shape index (κ2) is 6.42. The molecular weight excluding hydrogens is 354 g/mol. The molecule has 1 saturated heterocycles. The minimum atomic E-state index is -0.117. The van der Waals surface area contributed by atoms with Crippen LogP contribution in [-0.4, -0.2) is 49.7 Å². The SMILES string of the molecule is Cc1cn2nc(-c3cc(=O)n4cc(N5CCNC(C)C5)ccc4n3)ccc2n1. The molecule has 0 aromatic carbocycles. The monoisotopic (exact) mass is 375 g/mol. The Morgan fingerprint density at radius 2 is 1.93 bits per heavy atom. The Morgan fingerprint density at radius 3 is 2.79 bits per heavy atom. The fourth-order valence-corrected chi connectivity index (χ4v) is 3.71. The molecule has 8 heteroatoms. The van der Waals surface area contributed by atoms with Crippen molar-refractivity contribution in [2.24, 2.45) is 0 Å². The Kier molecular flexibility index (Phi) is 3.87. The van der Waals surface area contributed by atoms with Crippen LogP contribution < -0.4 is 15.8 Å². The number of aryl methyl sites for hydroxylation is 1. The lowest BCUT2D eigenvalue weighted by Gasteiger charge is -2.33. The van der Waals surface area contributed by atoms with Gasteiger partial charge >= 0.3 is 0 Å². The highest BCUT2D eigenvalue weighted by molar-refractivity contribution is 5.60. The Hall–Kier alpha value is -3.26. The van der Waals surface area contributed by atoms with Gasteiger partial charge in [0.25, 0.3) is 5.56 Å². The molecule has 0 radical (unpaired) electrons. The average Bonchev–Trinajstić information content (AvgIpc) is 3.07. The third-order valence-corrected chi connectivity index (χ3v) is 5.08. The first-order valence-corrected chi connectivity index (χ1v) is 9.42. The highest BCUT2D eigenvalue weighted by atomic mass is 16.1. The van der Waals surface area contributed by atoms with E-state index in [4.69, 9.17) is 0 Å². The minimum Gasteiger partial charge on any atom is -0.368 e. The summed E-state index contributed by atoms with van der Waals surface area (Å²) in [4.78, 5) is 24.1. The van der Waals surface area contributed by atoms with E-state index in [1.807, 2.05) is 43.6 Å². The highest BCUT2D eigenvalue weighted by Crippen LogP contribution is 2.19. The number of hydrogen-bond donors (Lipinski definition) is 1. The van der Waals surface area contributed by atoms with Gasteiger partial charge in [-0.25, -0.2) is 14.5 Å². The molecule has 8 nitrogen and oxygen atoms in total. The molecule has 4 aromatic rings. The van der Waals surface area contributed by atoms with Crippen molar-refractivity contribution < 1.29 is 0 Å². The van der Waals surface area contributed by atoms with E-state index >= 15 is 0 Å². The number of nitrogens with zero attached hydrogens (tertiary/aromatic N) is 6. The zero-order chi connectivity index (χ0) is 19.3. The molecular formula is C20H21N7O. The van der Waals surface area contributed by atoms with E-state index in [-0.39, 0.29) is 5.56 Å². The van der Waals surface area contributed by atoms with Crippen LogP contribution in [0.5, 0.6) is 0 Å². The Balaban J connectivity index is 1.56. The number of nitrogens with one attached hydrogen (secondary N) is 1. The number of piperazine rings is 1. The normalized spacial score (nSPS) is 17.5. The summed E-state index contributed by atoms with van der Waals surface area (Å²) in [7, 11) is 0. The fourth-order valence-electron chi connectivity index (χ4n) is 3.71. The molecule has 142 valence electrons. The molecule has 28 heavy (non-hydrogen) atoms. The molecule has 0 aliphatic carbocycles. The first-order chi connectivity index (χ1) is 13.6. The average molecular weight is 375 g/mol. The van der Waals surface area contributed by atoms with Gasteiger partial charge in [-0.1, -0.05) is 0 Å². The van der Waals surface area contributed by atoms with Crippen molar-refractivity contribution in [2.75, 3.05) is 24.5 Å². The summed E-state index contributed by atoms with van der Waals surface area (Å²) in [6.45, 7) is 6.86. The van der Waals surface area contributed by atoms with Crippen LogP contribution in [-0.2, 0) is 0 Å². The quantitative estimate of drug-likeness (QED) is 0.572. The molecule has 0 amide bonds. The molecule has 1 N–H and O–H groups in total. The lowest BCUT2D eigenvalue weighted by Crippen LogP contribution is -2.49. The third-order valence-electron chi connectivity index (χ3n) is 5.08. The van der Waals surface area contributed by atoms with Crippen LogP contribution in [0.25, 0.3) is 22.7 Å². The Morgan fingerprint density at radius 1 is 1.07 bits per heavy atom. The van der Waals surface area contributed by atoms with Crippen molar-refractivity contribution in [1.29, 1.82) is 0 Å². The van der Waals surface area contributed by atoms with Crippen LogP contribution in [0.3, 0.4) is 0 Å². The van der Waals surface area contributed by atoms with Gasteiger partial charge < -0.3 is 10.2 Å². The number of pyridine rings is 1. The van der Waals surface area contributed by atoms with Gasteiger partial charge in [-0.05, 0) is 38.1 Å². The van der Waals surface area contributed by atoms with Crippen LogP contribution in [0.1, 0.15) is 12.6 Å². The van der Waals surface area contributed by atoms with Crippen LogP contribution in [0.4, 0.5) is 5.69 Å². The molecule has 1 aliphatic rings. The Bertz CT molecular complexity index is 1240. The van der Waals surface area contributed by atoms with Gasteiger partial charge in [0.2, 0.25) is 0 Å². The number of hydrogen-bond acceptors (Lipinski definition) is 6. The van der Waals surface area contributed by atoms with Crippen molar-refractivity contribution in [2.45, 2.75) is 19.9 Å². The summed E-state index contributed by atoms with van der Waals surface area (Å²) in [6.07, 6.45) is 3.73. The number of fused-ring (bicyclic) bond motifs is 2. The zero-order valence-electron chi connectivity index (χ0n) is 15.8. The van der Waals surface area contributed by atoms with Crippen molar-refractivity contribution in [3.05, 3.63) is 58.8 Å². The second-order valence-corrected chi connectivity index (χ2v) is 7.30. The summed E-state index contributed by atoms with van der Waals surface area (Å²) in [5.41, 5.74) is 4.39. The molecule has 5 heterocycles. The van der Waals surface area contributed by atoms with Crippen LogP contribution in [0, 0.1) is 6.92 Å². The summed E-state index contributed by atoms with van der Waals surface area (Å²) < 4.78 is 3.31. The molecule has 0 bridgehead atoms. The van der Waals surface area contributed by atoms with Gasteiger partial charge in [0.15, 0.2) is 5.65 Å². The van der Waals surface area contributed by atoms with Crippen LogP contribution >= 0.6 is 0 Å². The number of imidazole rings is 1. The van der Waals surface area contributed by atoms with E-state index in [9.17, 15) is 4.79 Å². The van der Waals surface area contributed by atoms with E-state index in [1.54, 1.807) is 8.92 Å². The van der Waals surface area contributed by atoms with Gasteiger partial charge in [-0.2, -0.15) is 5.10 Å². The summed E-state index contributed by atoms with van der Waals surface area (Å²) in [6, 6.07) is 9.61. The number of aromatic nitrogens is 5. The molecule has 1 atom stereocenters. The van der Waals surface area contributed by atoms with E-state index < -0.39 is 0 Å².